The molecule has 1 atom stereocenters. The van der Waals surface area contributed by atoms with Crippen molar-refractivity contribution >= 4 is 0 Å². The van der Waals surface area contributed by atoms with Gasteiger partial charge in [-0.15, -0.1) is 0 Å². The van der Waals surface area contributed by atoms with Gasteiger partial charge in [0.2, 0.25) is 0 Å². The maximum absolute atomic E-state index is 9.93. The van der Waals surface area contributed by atoms with Gasteiger partial charge < -0.3 is 10.2 Å². The van der Waals surface area contributed by atoms with Gasteiger partial charge in [-0.25, -0.2) is 0 Å². The van der Waals surface area contributed by atoms with E-state index in [9.17, 15) is 5.11 Å². The fourth-order valence-electron chi connectivity index (χ4n) is 1.33. The monoisotopic (exact) mass is 160 g/mol. The van der Waals surface area contributed by atoms with Crippen LogP contribution in [0.2, 0.25) is 0 Å². The molecular formula is C9H20O2. The summed E-state index contributed by atoms with van der Waals surface area (Å²) < 4.78 is 0. The van der Waals surface area contributed by atoms with Crippen LogP contribution in [-0.4, -0.2) is 22.4 Å². The fraction of sp³-hybridized carbons (Fsp3) is 1.00. The van der Waals surface area contributed by atoms with Gasteiger partial charge in [0.25, 0.3) is 0 Å². The molecule has 0 saturated carbocycles. The lowest BCUT2D eigenvalue weighted by Crippen LogP contribution is -2.35. The van der Waals surface area contributed by atoms with Crippen LogP contribution in [0.15, 0.2) is 0 Å². The lowest BCUT2D eigenvalue weighted by molar-refractivity contribution is -0.0328. The lowest BCUT2D eigenvalue weighted by atomic mass is 9.83. The summed E-state index contributed by atoms with van der Waals surface area (Å²) >= 11 is 0. The second-order valence-electron chi connectivity index (χ2n) is 3.48. The predicted molar refractivity (Wildman–Crippen MR) is 46.4 cm³/mol. The van der Waals surface area contributed by atoms with Gasteiger partial charge in [-0.2, -0.15) is 0 Å². The first-order valence-corrected chi connectivity index (χ1v) is 4.40. The predicted octanol–water partition coefficient (Wildman–Crippen LogP) is 1.56. The molecule has 0 spiro atoms. The standard InChI is InChI=1S/C9H20O2/c1-4-5-9(11,6-7-10)8(2)3/h8,10-11H,4-7H2,1-3H3/t9-/m0/s1. The highest BCUT2D eigenvalue weighted by molar-refractivity contribution is 4.80. The van der Waals surface area contributed by atoms with Crippen LogP contribution in [0.1, 0.15) is 40.0 Å². The summed E-state index contributed by atoms with van der Waals surface area (Å²) in [6, 6.07) is 0. The smallest absolute Gasteiger partial charge is 0.0692 e. The Kier molecular flexibility index (Phi) is 4.69. The first-order chi connectivity index (χ1) is 5.06. The van der Waals surface area contributed by atoms with Crippen LogP contribution < -0.4 is 0 Å². The third-order valence-corrected chi connectivity index (χ3v) is 2.30. The second-order valence-corrected chi connectivity index (χ2v) is 3.48. The molecular weight excluding hydrogens is 140 g/mol. The molecule has 0 bridgehead atoms. The number of aliphatic hydroxyl groups is 2. The van der Waals surface area contributed by atoms with Gasteiger partial charge >= 0.3 is 0 Å². The Bertz CT molecular complexity index is 93.7. The molecule has 0 aromatic rings. The molecule has 0 heterocycles. The van der Waals surface area contributed by atoms with E-state index in [1.165, 1.54) is 0 Å². The van der Waals surface area contributed by atoms with Gasteiger partial charge in [0, 0.05) is 6.61 Å². The summed E-state index contributed by atoms with van der Waals surface area (Å²) in [7, 11) is 0. The minimum Gasteiger partial charge on any atom is -0.396 e. The summed E-state index contributed by atoms with van der Waals surface area (Å²) in [6.07, 6.45) is 2.25. The highest BCUT2D eigenvalue weighted by Crippen LogP contribution is 2.25. The van der Waals surface area contributed by atoms with Crippen LogP contribution in [0.5, 0.6) is 0 Å². The van der Waals surface area contributed by atoms with Crippen molar-refractivity contribution < 1.29 is 10.2 Å². The van der Waals surface area contributed by atoms with E-state index in [4.69, 9.17) is 5.11 Å². The normalized spacial score (nSPS) is 16.9. The van der Waals surface area contributed by atoms with Gasteiger partial charge in [0.05, 0.1) is 5.60 Å². The molecule has 0 amide bonds. The molecule has 2 heteroatoms. The van der Waals surface area contributed by atoms with Crippen molar-refractivity contribution in [2.45, 2.75) is 45.6 Å². The molecule has 0 saturated heterocycles. The average molecular weight is 160 g/mol. The lowest BCUT2D eigenvalue weighted by Gasteiger charge is -2.31. The second kappa shape index (κ2) is 4.73. The first kappa shape index (κ1) is 10.9. The quantitative estimate of drug-likeness (QED) is 0.640. The fourth-order valence-corrected chi connectivity index (χ4v) is 1.33. The topological polar surface area (TPSA) is 40.5 Å². The summed E-state index contributed by atoms with van der Waals surface area (Å²) in [5.74, 6) is 0.231. The highest BCUT2D eigenvalue weighted by Gasteiger charge is 2.28. The van der Waals surface area contributed by atoms with Crippen molar-refractivity contribution in [3.8, 4) is 0 Å². The zero-order valence-electron chi connectivity index (χ0n) is 7.80. The third-order valence-electron chi connectivity index (χ3n) is 2.30. The molecule has 0 rings (SSSR count). The van der Waals surface area contributed by atoms with E-state index < -0.39 is 5.60 Å². The van der Waals surface area contributed by atoms with Gasteiger partial charge in [-0.05, 0) is 18.8 Å². The van der Waals surface area contributed by atoms with E-state index in [-0.39, 0.29) is 12.5 Å². The Hall–Kier alpha value is -0.0800. The van der Waals surface area contributed by atoms with Crippen LogP contribution in [0.4, 0.5) is 0 Å². The van der Waals surface area contributed by atoms with Crippen molar-refractivity contribution in [1.29, 1.82) is 0 Å². The number of rotatable bonds is 5. The van der Waals surface area contributed by atoms with E-state index in [1.807, 2.05) is 20.8 Å². The molecule has 0 aliphatic carbocycles. The Morgan fingerprint density at radius 3 is 2.09 bits per heavy atom. The third kappa shape index (κ3) is 3.21. The molecule has 11 heavy (non-hydrogen) atoms. The Morgan fingerprint density at radius 1 is 1.27 bits per heavy atom. The Balaban J connectivity index is 4.01. The molecule has 0 unspecified atom stereocenters. The summed E-state index contributed by atoms with van der Waals surface area (Å²) in [6.45, 7) is 6.11. The van der Waals surface area contributed by atoms with Gasteiger partial charge in [0.15, 0.2) is 0 Å². The van der Waals surface area contributed by atoms with Crippen LogP contribution >= 0.6 is 0 Å². The number of hydrogen-bond acceptors (Lipinski definition) is 2. The van der Waals surface area contributed by atoms with Gasteiger partial charge in [-0.1, -0.05) is 27.2 Å². The van der Waals surface area contributed by atoms with E-state index in [2.05, 4.69) is 0 Å². The van der Waals surface area contributed by atoms with Crippen LogP contribution in [-0.2, 0) is 0 Å². The SMILES string of the molecule is CCC[C@](O)(CCO)C(C)C. The van der Waals surface area contributed by atoms with Crippen molar-refractivity contribution in [2.75, 3.05) is 6.61 Å². The van der Waals surface area contributed by atoms with Crippen molar-refractivity contribution in [3.63, 3.8) is 0 Å². The van der Waals surface area contributed by atoms with Crippen LogP contribution in [0, 0.1) is 5.92 Å². The molecule has 0 aliphatic rings. The van der Waals surface area contributed by atoms with Gasteiger partial charge in [0.1, 0.15) is 0 Å². The molecule has 2 nitrogen and oxygen atoms in total. The summed E-state index contributed by atoms with van der Waals surface area (Å²) in [5, 5.41) is 18.6. The van der Waals surface area contributed by atoms with Crippen LogP contribution in [0.25, 0.3) is 0 Å². The zero-order valence-corrected chi connectivity index (χ0v) is 7.80. The maximum Gasteiger partial charge on any atom is 0.0692 e. The largest absolute Gasteiger partial charge is 0.396 e. The molecule has 0 radical (unpaired) electrons. The molecule has 0 aromatic heterocycles. The Labute approximate surface area is 69.2 Å². The molecule has 0 aromatic carbocycles. The van der Waals surface area contributed by atoms with Crippen molar-refractivity contribution in [1.82, 2.24) is 0 Å². The van der Waals surface area contributed by atoms with Gasteiger partial charge in [-0.3, -0.25) is 0 Å². The van der Waals surface area contributed by atoms with Crippen LogP contribution in [0.3, 0.4) is 0 Å². The highest BCUT2D eigenvalue weighted by atomic mass is 16.3. The molecule has 0 fully saturated rings. The van der Waals surface area contributed by atoms with Crippen molar-refractivity contribution in [3.05, 3.63) is 0 Å². The average Bonchev–Trinajstić information content (AvgIpc) is 1.88. The van der Waals surface area contributed by atoms with E-state index >= 15 is 0 Å². The minimum absolute atomic E-state index is 0.0781. The summed E-state index contributed by atoms with van der Waals surface area (Å²) in [4.78, 5) is 0. The maximum atomic E-state index is 9.93. The first-order valence-electron chi connectivity index (χ1n) is 4.40. The molecule has 2 N–H and O–H groups in total. The minimum atomic E-state index is -0.649. The summed E-state index contributed by atoms with van der Waals surface area (Å²) in [5.41, 5.74) is -0.649. The van der Waals surface area contributed by atoms with E-state index in [0.717, 1.165) is 12.8 Å². The number of aliphatic hydroxyl groups excluding tert-OH is 1. The zero-order chi connectivity index (χ0) is 8.91. The van der Waals surface area contributed by atoms with E-state index in [1.54, 1.807) is 0 Å². The molecule has 0 aliphatic heterocycles. The van der Waals surface area contributed by atoms with Crippen molar-refractivity contribution in [2.24, 2.45) is 5.92 Å². The molecule has 68 valence electrons. The Morgan fingerprint density at radius 2 is 1.82 bits per heavy atom. The van der Waals surface area contributed by atoms with E-state index in [0.29, 0.717) is 6.42 Å². The number of hydrogen-bond donors (Lipinski definition) is 2.